The summed E-state index contributed by atoms with van der Waals surface area (Å²) < 4.78 is 0. The highest BCUT2D eigenvalue weighted by atomic mass is 32.2. The molecule has 2 saturated heterocycles. The first kappa shape index (κ1) is 35.3. The Labute approximate surface area is 312 Å². The molecule has 3 aliphatic heterocycles. The first-order valence-electron chi connectivity index (χ1n) is 16.4. The number of fused-ring (bicyclic) bond motifs is 1. The number of amides is 3. The van der Waals surface area contributed by atoms with E-state index in [0.29, 0.717) is 23.0 Å². The van der Waals surface area contributed by atoms with Gasteiger partial charge in [-0.25, -0.2) is 9.78 Å². The van der Waals surface area contributed by atoms with E-state index in [0.717, 1.165) is 16.7 Å². The van der Waals surface area contributed by atoms with Crippen LogP contribution in [-0.2, 0) is 29.6 Å². The molecule has 0 spiro atoms. The smallest absolute Gasteiger partial charge is 0.353 e. The molecule has 3 aliphatic rings. The molecule has 12 nitrogen and oxygen atoms in total. The standard InChI is InChI=1S/C37H34N6O6S3/c1-42-19-18-26(32(42)45)52-27-21-50-34-29(33(46)43(34)30(27)35(47)48)39-31(44)28(41-49-2)25-20-51-36(38-25)40-37(22-12-6-3-7-13-22,23-14-8-4-9-15-23)24-16-10-5-11-17-24/h3-17,20,26,29,34H,18-19,21H2,1-2H3,(H,38,40)(H,39,44)(H,47,48)/b41-28-/t26?,29-,34-/m1/s1. The van der Waals surface area contributed by atoms with Gasteiger partial charge in [0.15, 0.2) is 10.8 Å². The first-order chi connectivity index (χ1) is 25.2. The predicted molar refractivity (Wildman–Crippen MR) is 202 cm³/mol. The van der Waals surface area contributed by atoms with E-state index in [1.165, 1.54) is 46.9 Å². The topological polar surface area (TPSA) is 154 Å². The number of oxime groups is 1. The van der Waals surface area contributed by atoms with E-state index >= 15 is 0 Å². The van der Waals surface area contributed by atoms with Gasteiger partial charge in [0.1, 0.15) is 35.5 Å². The van der Waals surface area contributed by atoms with Gasteiger partial charge in [0.2, 0.25) is 5.91 Å². The number of hydrogen-bond acceptors (Lipinski definition) is 11. The third-order valence-corrected chi connectivity index (χ3v) is 12.7. The molecule has 4 aromatic rings. The van der Waals surface area contributed by atoms with Gasteiger partial charge in [-0.15, -0.1) is 34.9 Å². The number of carbonyl (C=O) groups excluding carboxylic acids is 3. The van der Waals surface area contributed by atoms with E-state index in [2.05, 4.69) is 52.2 Å². The number of hydrogen-bond donors (Lipinski definition) is 3. The van der Waals surface area contributed by atoms with E-state index in [1.807, 2.05) is 54.6 Å². The molecule has 3 amide bonds. The van der Waals surface area contributed by atoms with Crippen LogP contribution in [0.1, 0.15) is 28.8 Å². The van der Waals surface area contributed by atoms with Gasteiger partial charge in [0.25, 0.3) is 11.8 Å². The van der Waals surface area contributed by atoms with Crippen LogP contribution in [0.4, 0.5) is 5.13 Å². The molecule has 52 heavy (non-hydrogen) atoms. The van der Waals surface area contributed by atoms with Crippen LogP contribution in [-0.4, -0.2) is 92.4 Å². The van der Waals surface area contributed by atoms with E-state index in [-0.39, 0.29) is 28.8 Å². The van der Waals surface area contributed by atoms with Crippen molar-refractivity contribution < 1.29 is 29.1 Å². The molecule has 7 rings (SSSR count). The fourth-order valence-electron chi connectivity index (χ4n) is 6.64. The van der Waals surface area contributed by atoms with Crippen molar-refractivity contribution in [2.24, 2.45) is 5.16 Å². The number of carbonyl (C=O) groups is 4. The van der Waals surface area contributed by atoms with Crippen LogP contribution >= 0.6 is 34.9 Å². The van der Waals surface area contributed by atoms with Crippen molar-refractivity contribution in [3.05, 3.63) is 129 Å². The van der Waals surface area contributed by atoms with Crippen LogP contribution in [0.25, 0.3) is 0 Å². The molecule has 4 heterocycles. The van der Waals surface area contributed by atoms with Crippen LogP contribution in [0.2, 0.25) is 0 Å². The van der Waals surface area contributed by atoms with Crippen molar-refractivity contribution in [1.29, 1.82) is 0 Å². The number of nitrogens with zero attached hydrogens (tertiary/aromatic N) is 4. The molecule has 0 aliphatic carbocycles. The third kappa shape index (κ3) is 6.44. The van der Waals surface area contributed by atoms with Crippen molar-refractivity contribution in [2.75, 3.05) is 31.8 Å². The molecule has 3 atom stereocenters. The maximum absolute atomic E-state index is 13.8. The zero-order chi connectivity index (χ0) is 36.4. The van der Waals surface area contributed by atoms with Gasteiger partial charge in [-0.3, -0.25) is 19.3 Å². The lowest BCUT2D eigenvalue weighted by molar-refractivity contribution is -0.150. The van der Waals surface area contributed by atoms with E-state index < -0.39 is 40.0 Å². The maximum atomic E-state index is 13.8. The molecular formula is C37H34N6O6S3. The fourth-order valence-corrected chi connectivity index (χ4v) is 10.2. The quantitative estimate of drug-likeness (QED) is 0.0813. The second kappa shape index (κ2) is 14.9. The van der Waals surface area contributed by atoms with Crippen LogP contribution in [0, 0.1) is 0 Å². The lowest BCUT2D eigenvalue weighted by Gasteiger charge is -2.49. The summed E-state index contributed by atoms with van der Waals surface area (Å²) in [5, 5.41) is 21.7. The van der Waals surface area contributed by atoms with Gasteiger partial charge in [0.05, 0.1) is 5.25 Å². The van der Waals surface area contributed by atoms with E-state index in [1.54, 1.807) is 17.3 Å². The fraction of sp³-hybridized carbons (Fsp3) is 0.243. The number of aromatic nitrogens is 1. The van der Waals surface area contributed by atoms with E-state index in [4.69, 9.17) is 9.82 Å². The number of carboxylic acid groups (broad SMARTS) is 1. The highest BCUT2D eigenvalue weighted by molar-refractivity contribution is 8.07. The molecule has 15 heteroatoms. The average molecular weight is 755 g/mol. The third-order valence-electron chi connectivity index (χ3n) is 9.14. The zero-order valence-electron chi connectivity index (χ0n) is 28.1. The second-order valence-corrected chi connectivity index (χ2v) is 15.5. The van der Waals surface area contributed by atoms with Crippen LogP contribution < -0.4 is 10.6 Å². The van der Waals surface area contributed by atoms with Gasteiger partial charge < -0.3 is 25.5 Å². The lowest BCUT2D eigenvalue weighted by Crippen LogP contribution is -2.71. The number of nitrogens with one attached hydrogen (secondary N) is 2. The van der Waals surface area contributed by atoms with Gasteiger partial charge in [-0.2, -0.15) is 0 Å². The van der Waals surface area contributed by atoms with E-state index in [9.17, 15) is 24.3 Å². The number of carboxylic acids is 1. The largest absolute Gasteiger partial charge is 0.477 e. The molecule has 0 bridgehead atoms. The molecule has 1 unspecified atom stereocenters. The number of rotatable bonds is 12. The molecular weight excluding hydrogens is 721 g/mol. The summed E-state index contributed by atoms with van der Waals surface area (Å²) >= 11 is 3.82. The van der Waals surface area contributed by atoms with Crippen molar-refractivity contribution in [3.63, 3.8) is 0 Å². The molecule has 1 aromatic heterocycles. The number of likely N-dealkylation sites (tertiary alicyclic amines) is 1. The second-order valence-electron chi connectivity index (χ2n) is 12.2. The summed E-state index contributed by atoms with van der Waals surface area (Å²) in [4.78, 5) is 65.2. The first-order valence-corrected chi connectivity index (χ1v) is 19.2. The predicted octanol–water partition coefficient (Wildman–Crippen LogP) is 4.56. The van der Waals surface area contributed by atoms with Crippen molar-refractivity contribution in [3.8, 4) is 0 Å². The van der Waals surface area contributed by atoms with Crippen LogP contribution in [0.3, 0.4) is 0 Å². The van der Waals surface area contributed by atoms with Crippen molar-refractivity contribution >= 4 is 69.4 Å². The molecule has 3 N–H and O–H groups in total. The number of benzene rings is 3. The van der Waals surface area contributed by atoms with Crippen molar-refractivity contribution in [2.45, 2.75) is 28.6 Å². The molecule has 266 valence electrons. The number of thiazole rings is 1. The Kier molecular flexibility index (Phi) is 10.1. The summed E-state index contributed by atoms with van der Waals surface area (Å²) in [7, 11) is 3.03. The Bertz CT molecular complexity index is 1960. The Balaban J connectivity index is 1.13. The maximum Gasteiger partial charge on any atom is 0.353 e. The summed E-state index contributed by atoms with van der Waals surface area (Å²) in [5.41, 5.74) is 2.01. The van der Waals surface area contributed by atoms with Gasteiger partial charge >= 0.3 is 5.97 Å². The number of β-lactam (4-membered cyclic amide) rings is 1. The SMILES string of the molecule is CO/N=C(\C(=O)N[C@@H]1C(=O)N2C(C(=O)O)=C(SC3CCN(C)C3=O)CS[C@H]12)c1csc(NC(c2ccccc2)(c2ccccc2)c2ccccc2)n1. The minimum atomic E-state index is -1.26. The molecule has 2 fully saturated rings. The van der Waals surface area contributed by atoms with Gasteiger partial charge in [-0.05, 0) is 23.1 Å². The number of anilines is 1. The minimum Gasteiger partial charge on any atom is -0.477 e. The molecule has 0 saturated carbocycles. The summed E-state index contributed by atoms with van der Waals surface area (Å²) in [6.07, 6.45) is 0.596. The lowest BCUT2D eigenvalue weighted by atomic mass is 9.77. The Hall–Kier alpha value is -5.12. The highest BCUT2D eigenvalue weighted by Crippen LogP contribution is 2.46. The summed E-state index contributed by atoms with van der Waals surface area (Å²) in [6, 6.07) is 29.1. The van der Waals surface area contributed by atoms with Crippen LogP contribution in [0.5, 0.6) is 0 Å². The van der Waals surface area contributed by atoms with Crippen molar-refractivity contribution in [1.82, 2.24) is 20.1 Å². The molecule has 3 aromatic carbocycles. The zero-order valence-corrected chi connectivity index (χ0v) is 30.5. The molecule has 0 radical (unpaired) electrons. The monoisotopic (exact) mass is 754 g/mol. The Morgan fingerprint density at radius 2 is 1.56 bits per heavy atom. The normalized spacial score (nSPS) is 20.3. The Morgan fingerprint density at radius 1 is 0.962 bits per heavy atom. The number of thioether (sulfide) groups is 2. The number of aliphatic carboxylic acids is 1. The van der Waals surface area contributed by atoms with Crippen LogP contribution in [0.15, 0.2) is 112 Å². The summed E-state index contributed by atoms with van der Waals surface area (Å²) in [5.74, 6) is -2.30. The average Bonchev–Trinajstić information content (AvgIpc) is 3.77. The minimum absolute atomic E-state index is 0.0642. The highest BCUT2D eigenvalue weighted by Gasteiger charge is 2.55. The van der Waals surface area contributed by atoms with Gasteiger partial charge in [-0.1, -0.05) is 96.2 Å². The van der Waals surface area contributed by atoms with Gasteiger partial charge in [0, 0.05) is 29.6 Å². The Morgan fingerprint density at radius 3 is 2.08 bits per heavy atom. The summed E-state index contributed by atoms with van der Waals surface area (Å²) in [6.45, 7) is 0.592.